The van der Waals surface area contributed by atoms with Crippen molar-refractivity contribution < 1.29 is 4.39 Å². The highest BCUT2D eigenvalue weighted by molar-refractivity contribution is 9.10. The molecule has 114 valence electrons. The fourth-order valence-electron chi connectivity index (χ4n) is 2.35. The van der Waals surface area contributed by atoms with Crippen LogP contribution in [-0.4, -0.2) is 15.8 Å². The zero-order chi connectivity index (χ0) is 15.4. The highest BCUT2D eigenvalue weighted by atomic mass is 79.9. The van der Waals surface area contributed by atoms with Crippen molar-refractivity contribution in [2.75, 3.05) is 0 Å². The Labute approximate surface area is 133 Å². The SMILES string of the molecule is CCn1nc(C)c(Br)c1CNC(C)Cc1ccc(F)cc1. The van der Waals surface area contributed by atoms with Gasteiger partial charge in [0.2, 0.25) is 0 Å². The standard InChI is InChI=1S/C16H21BrFN3/c1-4-21-15(16(17)12(3)20-21)10-19-11(2)9-13-5-7-14(18)8-6-13/h5-8,11,19H,4,9-10H2,1-3H3. The van der Waals surface area contributed by atoms with E-state index in [4.69, 9.17) is 0 Å². The van der Waals surface area contributed by atoms with E-state index in [9.17, 15) is 4.39 Å². The van der Waals surface area contributed by atoms with Gasteiger partial charge in [0.25, 0.3) is 0 Å². The van der Waals surface area contributed by atoms with Crippen LogP contribution < -0.4 is 5.32 Å². The van der Waals surface area contributed by atoms with E-state index in [2.05, 4.69) is 40.2 Å². The molecule has 0 fully saturated rings. The number of hydrogen-bond acceptors (Lipinski definition) is 2. The molecular weight excluding hydrogens is 333 g/mol. The van der Waals surface area contributed by atoms with E-state index < -0.39 is 0 Å². The molecule has 1 N–H and O–H groups in total. The van der Waals surface area contributed by atoms with Gasteiger partial charge in [0.05, 0.1) is 15.9 Å². The van der Waals surface area contributed by atoms with Crippen molar-refractivity contribution in [3.8, 4) is 0 Å². The summed E-state index contributed by atoms with van der Waals surface area (Å²) in [5.74, 6) is -0.189. The third-order valence-electron chi connectivity index (χ3n) is 3.53. The fourth-order valence-corrected chi connectivity index (χ4v) is 2.78. The molecule has 0 radical (unpaired) electrons. The lowest BCUT2D eigenvalue weighted by Crippen LogP contribution is -2.28. The van der Waals surface area contributed by atoms with Gasteiger partial charge in [-0.05, 0) is 60.8 Å². The van der Waals surface area contributed by atoms with E-state index in [-0.39, 0.29) is 5.82 Å². The normalized spacial score (nSPS) is 12.6. The lowest BCUT2D eigenvalue weighted by molar-refractivity contribution is 0.512. The van der Waals surface area contributed by atoms with Crippen LogP contribution in [-0.2, 0) is 19.5 Å². The minimum Gasteiger partial charge on any atom is -0.308 e. The highest BCUT2D eigenvalue weighted by Gasteiger charge is 2.13. The van der Waals surface area contributed by atoms with Crippen LogP contribution in [0.4, 0.5) is 4.39 Å². The first-order valence-corrected chi connectivity index (χ1v) is 8.00. The molecule has 0 aliphatic heterocycles. The molecule has 1 aromatic carbocycles. The smallest absolute Gasteiger partial charge is 0.123 e. The molecule has 1 unspecified atom stereocenters. The molecule has 0 saturated carbocycles. The molecule has 0 aliphatic carbocycles. The van der Waals surface area contributed by atoms with Crippen molar-refractivity contribution in [2.45, 2.75) is 46.3 Å². The second-order valence-electron chi connectivity index (χ2n) is 5.27. The van der Waals surface area contributed by atoms with Gasteiger partial charge < -0.3 is 5.32 Å². The van der Waals surface area contributed by atoms with Gasteiger partial charge in [-0.3, -0.25) is 4.68 Å². The van der Waals surface area contributed by atoms with Gasteiger partial charge in [-0.2, -0.15) is 5.10 Å². The number of nitrogens with zero attached hydrogens (tertiary/aromatic N) is 2. The summed E-state index contributed by atoms with van der Waals surface area (Å²) in [5.41, 5.74) is 3.32. The van der Waals surface area contributed by atoms with E-state index in [1.165, 1.54) is 17.8 Å². The molecule has 0 spiro atoms. The fraction of sp³-hybridized carbons (Fsp3) is 0.438. The molecule has 0 saturated heterocycles. The van der Waals surface area contributed by atoms with Crippen LogP contribution >= 0.6 is 15.9 Å². The predicted octanol–water partition coefficient (Wildman–Crippen LogP) is 3.83. The first-order valence-electron chi connectivity index (χ1n) is 7.20. The predicted molar refractivity (Wildman–Crippen MR) is 86.7 cm³/mol. The topological polar surface area (TPSA) is 29.9 Å². The third kappa shape index (κ3) is 4.14. The van der Waals surface area contributed by atoms with E-state index in [1.807, 2.05) is 23.7 Å². The summed E-state index contributed by atoms with van der Waals surface area (Å²) in [6, 6.07) is 7.00. The van der Waals surface area contributed by atoms with Crippen LogP contribution in [0.5, 0.6) is 0 Å². The molecule has 0 amide bonds. The Hall–Kier alpha value is -1.20. The molecule has 2 aromatic rings. The number of halogens is 2. The van der Waals surface area contributed by atoms with Crippen molar-refractivity contribution in [1.82, 2.24) is 15.1 Å². The van der Waals surface area contributed by atoms with Crippen LogP contribution in [0.3, 0.4) is 0 Å². The molecule has 1 atom stereocenters. The Balaban J connectivity index is 1.95. The molecule has 3 nitrogen and oxygen atoms in total. The zero-order valence-corrected chi connectivity index (χ0v) is 14.2. The van der Waals surface area contributed by atoms with Gasteiger partial charge in [0, 0.05) is 19.1 Å². The number of rotatable bonds is 6. The molecule has 1 aromatic heterocycles. The minimum atomic E-state index is -0.189. The van der Waals surface area contributed by atoms with E-state index in [0.717, 1.165) is 35.2 Å². The average molecular weight is 354 g/mol. The summed E-state index contributed by atoms with van der Waals surface area (Å²) in [7, 11) is 0. The molecule has 21 heavy (non-hydrogen) atoms. The maximum atomic E-state index is 12.9. The van der Waals surface area contributed by atoms with Crippen molar-refractivity contribution in [2.24, 2.45) is 0 Å². The number of aryl methyl sites for hydroxylation is 2. The lowest BCUT2D eigenvalue weighted by atomic mass is 10.1. The largest absolute Gasteiger partial charge is 0.308 e. The Bertz CT molecular complexity index is 592. The molecule has 0 bridgehead atoms. The van der Waals surface area contributed by atoms with Gasteiger partial charge >= 0.3 is 0 Å². The monoisotopic (exact) mass is 353 g/mol. The third-order valence-corrected chi connectivity index (χ3v) is 4.56. The number of hydrogen-bond donors (Lipinski definition) is 1. The van der Waals surface area contributed by atoms with Crippen molar-refractivity contribution in [3.63, 3.8) is 0 Å². The summed E-state index contributed by atoms with van der Waals surface area (Å²) < 4.78 is 16.0. The maximum Gasteiger partial charge on any atom is 0.123 e. The van der Waals surface area contributed by atoms with Crippen molar-refractivity contribution in [3.05, 3.63) is 51.5 Å². The van der Waals surface area contributed by atoms with E-state index in [1.54, 1.807) is 0 Å². The second kappa shape index (κ2) is 7.18. The second-order valence-corrected chi connectivity index (χ2v) is 6.07. The molecule has 1 heterocycles. The van der Waals surface area contributed by atoms with Crippen LogP contribution in [0.15, 0.2) is 28.7 Å². The number of nitrogens with one attached hydrogen (secondary N) is 1. The maximum absolute atomic E-state index is 12.9. The summed E-state index contributed by atoms with van der Waals surface area (Å²) in [4.78, 5) is 0. The van der Waals surface area contributed by atoms with Crippen molar-refractivity contribution in [1.29, 1.82) is 0 Å². The van der Waals surface area contributed by atoms with Gasteiger partial charge in [0.15, 0.2) is 0 Å². The number of aromatic nitrogens is 2. The Morgan fingerprint density at radius 3 is 2.62 bits per heavy atom. The van der Waals surface area contributed by atoms with Crippen LogP contribution in [0, 0.1) is 12.7 Å². The summed E-state index contributed by atoms with van der Waals surface area (Å²) >= 11 is 3.60. The Morgan fingerprint density at radius 2 is 2.00 bits per heavy atom. The first kappa shape index (κ1) is 16.2. The van der Waals surface area contributed by atoms with Crippen LogP contribution in [0.25, 0.3) is 0 Å². The zero-order valence-electron chi connectivity index (χ0n) is 12.7. The summed E-state index contributed by atoms with van der Waals surface area (Å²) in [5, 5.41) is 7.99. The van der Waals surface area contributed by atoms with Crippen molar-refractivity contribution >= 4 is 15.9 Å². The van der Waals surface area contributed by atoms with Crippen LogP contribution in [0.1, 0.15) is 30.8 Å². The lowest BCUT2D eigenvalue weighted by Gasteiger charge is -2.15. The van der Waals surface area contributed by atoms with Gasteiger partial charge in [-0.15, -0.1) is 0 Å². The summed E-state index contributed by atoms with van der Waals surface area (Å²) in [6.45, 7) is 7.84. The van der Waals surface area contributed by atoms with E-state index in [0.29, 0.717) is 6.04 Å². The first-order chi connectivity index (χ1) is 10.0. The Morgan fingerprint density at radius 1 is 1.33 bits per heavy atom. The molecule has 0 aliphatic rings. The van der Waals surface area contributed by atoms with Gasteiger partial charge in [0.1, 0.15) is 5.82 Å². The molecule has 2 rings (SSSR count). The van der Waals surface area contributed by atoms with Gasteiger partial charge in [-0.1, -0.05) is 12.1 Å². The highest BCUT2D eigenvalue weighted by Crippen LogP contribution is 2.21. The quantitative estimate of drug-likeness (QED) is 0.854. The summed E-state index contributed by atoms with van der Waals surface area (Å²) in [6.07, 6.45) is 0.872. The van der Waals surface area contributed by atoms with E-state index >= 15 is 0 Å². The molecule has 5 heteroatoms. The molecular formula is C16H21BrFN3. The number of benzene rings is 1. The Kier molecular flexibility index (Phi) is 5.53. The minimum absolute atomic E-state index is 0.189. The van der Waals surface area contributed by atoms with Gasteiger partial charge in [-0.25, -0.2) is 4.39 Å². The average Bonchev–Trinajstić information content (AvgIpc) is 2.74. The van der Waals surface area contributed by atoms with Crippen LogP contribution in [0.2, 0.25) is 0 Å².